The fraction of sp³-hybridized carbons (Fsp3) is 0.0909. The van der Waals surface area contributed by atoms with Crippen molar-refractivity contribution in [1.29, 1.82) is 0 Å². The number of fused-ring (bicyclic) bond motifs is 10. The van der Waals surface area contributed by atoms with Crippen molar-refractivity contribution in [2.24, 2.45) is 0 Å². The number of aryl methyl sites for hydroxylation is 3. The minimum absolute atomic E-state index is 0.0129. The van der Waals surface area contributed by atoms with E-state index >= 15 is 0 Å². The van der Waals surface area contributed by atoms with Gasteiger partial charge in [-0.25, -0.2) is 0 Å². The Kier molecular flexibility index (Phi) is 5.71. The molecule has 1 aromatic heterocycles. The van der Waals surface area contributed by atoms with Crippen molar-refractivity contribution < 1.29 is 9.47 Å². The molecule has 0 bridgehead atoms. The maximum Gasteiger partial charge on any atom is 0.256 e. The number of hydrogen-bond donors (Lipinski definition) is 0. The minimum atomic E-state index is 0.0129. The zero-order valence-electron chi connectivity index (χ0n) is 28.3. The molecule has 4 aliphatic heterocycles. The first kappa shape index (κ1) is 28.4. The van der Waals surface area contributed by atoms with E-state index < -0.39 is 0 Å². The Balaban J connectivity index is 1.22. The highest BCUT2D eigenvalue weighted by Crippen LogP contribution is 2.48. The van der Waals surface area contributed by atoms with E-state index in [9.17, 15) is 0 Å². The van der Waals surface area contributed by atoms with Crippen LogP contribution in [-0.2, 0) is 0 Å². The maximum atomic E-state index is 6.98. The normalized spacial score (nSPS) is 13.8. The Morgan fingerprint density at radius 1 is 0.500 bits per heavy atom. The van der Waals surface area contributed by atoms with Crippen molar-refractivity contribution in [3.63, 3.8) is 0 Å². The van der Waals surface area contributed by atoms with Crippen LogP contribution in [0.25, 0.3) is 20.9 Å². The molecule has 6 aromatic carbocycles. The average Bonchev–Trinajstić information content (AvgIpc) is 3.64. The molecule has 5 heterocycles. The van der Waals surface area contributed by atoms with E-state index in [1.807, 2.05) is 11.3 Å². The van der Waals surface area contributed by atoms with Gasteiger partial charge in [-0.05, 0) is 108 Å². The molecule has 0 amide bonds. The molecule has 3 nitrogen and oxygen atoms in total. The van der Waals surface area contributed by atoms with Gasteiger partial charge in [-0.15, -0.1) is 11.3 Å². The first-order valence-electron chi connectivity index (χ1n) is 17.4. The molecule has 0 unspecified atom stereocenters. The van der Waals surface area contributed by atoms with Gasteiger partial charge in [-0.3, -0.25) is 0 Å². The summed E-state index contributed by atoms with van der Waals surface area (Å²) in [5.41, 5.74) is 18.5. The summed E-state index contributed by atoms with van der Waals surface area (Å²) in [5.74, 6) is 3.71. The summed E-state index contributed by atoms with van der Waals surface area (Å²) in [7, 11) is 0. The van der Waals surface area contributed by atoms with Gasteiger partial charge in [0.2, 0.25) is 0 Å². The average molecular weight is 659 g/mol. The Morgan fingerprint density at radius 2 is 1.02 bits per heavy atom. The van der Waals surface area contributed by atoms with Gasteiger partial charge in [0.15, 0.2) is 0 Å². The van der Waals surface area contributed by atoms with Crippen LogP contribution in [0.4, 0.5) is 17.1 Å². The second-order valence-corrected chi connectivity index (χ2v) is 15.4. The second-order valence-electron chi connectivity index (χ2n) is 14.3. The predicted molar refractivity (Wildman–Crippen MR) is 211 cm³/mol. The molecule has 0 N–H and O–H groups in total. The van der Waals surface area contributed by atoms with E-state index in [1.54, 1.807) is 0 Å². The van der Waals surface area contributed by atoms with Gasteiger partial charge in [0.05, 0.1) is 0 Å². The molecular formula is C44H31B2NO2S. The molecule has 0 saturated heterocycles. The van der Waals surface area contributed by atoms with Crippen molar-refractivity contribution in [2.45, 2.75) is 27.7 Å². The molecule has 236 valence electrons. The highest BCUT2D eigenvalue weighted by molar-refractivity contribution is 7.18. The van der Waals surface area contributed by atoms with E-state index in [0.717, 1.165) is 28.6 Å². The van der Waals surface area contributed by atoms with Crippen LogP contribution < -0.4 is 47.2 Å². The lowest BCUT2D eigenvalue weighted by molar-refractivity contribution is 0.459. The molecular weight excluding hydrogens is 628 g/mol. The summed E-state index contributed by atoms with van der Waals surface area (Å²) in [6, 6.07) is 42.6. The van der Waals surface area contributed by atoms with Crippen LogP contribution in [0, 0.1) is 27.7 Å². The van der Waals surface area contributed by atoms with Crippen LogP contribution in [0.5, 0.6) is 23.0 Å². The summed E-state index contributed by atoms with van der Waals surface area (Å²) in [5, 5.41) is 0. The molecule has 7 aromatic rings. The number of nitrogens with zero attached hydrogens (tertiary/aromatic N) is 1. The number of benzene rings is 6. The third-order valence-electron chi connectivity index (χ3n) is 11.1. The van der Waals surface area contributed by atoms with Gasteiger partial charge in [0.25, 0.3) is 13.4 Å². The summed E-state index contributed by atoms with van der Waals surface area (Å²) in [6.45, 7) is 8.82. The summed E-state index contributed by atoms with van der Waals surface area (Å²) < 4.78 is 13.9. The van der Waals surface area contributed by atoms with Crippen molar-refractivity contribution in [2.75, 3.05) is 4.90 Å². The first-order chi connectivity index (χ1) is 24.4. The smallest absolute Gasteiger partial charge is 0.256 e. The van der Waals surface area contributed by atoms with Gasteiger partial charge in [0, 0.05) is 32.4 Å². The van der Waals surface area contributed by atoms with Crippen molar-refractivity contribution in [1.82, 2.24) is 0 Å². The quantitative estimate of drug-likeness (QED) is 0.178. The van der Waals surface area contributed by atoms with Crippen molar-refractivity contribution in [3.8, 4) is 43.9 Å². The van der Waals surface area contributed by atoms with E-state index in [0.29, 0.717) is 0 Å². The Bertz CT molecular complexity index is 2630. The second kappa shape index (κ2) is 10.1. The molecule has 50 heavy (non-hydrogen) atoms. The van der Waals surface area contributed by atoms with Gasteiger partial charge < -0.3 is 14.4 Å². The van der Waals surface area contributed by atoms with Crippen LogP contribution >= 0.6 is 11.3 Å². The fourth-order valence-electron chi connectivity index (χ4n) is 8.93. The highest BCUT2D eigenvalue weighted by atomic mass is 32.1. The molecule has 0 atom stereocenters. The highest BCUT2D eigenvalue weighted by Gasteiger charge is 2.51. The lowest BCUT2D eigenvalue weighted by atomic mass is 9.29. The van der Waals surface area contributed by atoms with Crippen LogP contribution in [-0.4, -0.2) is 13.4 Å². The Hall–Kier alpha value is -5.45. The molecule has 0 fully saturated rings. The van der Waals surface area contributed by atoms with E-state index in [2.05, 4.69) is 148 Å². The number of thiophene rings is 1. The summed E-state index contributed by atoms with van der Waals surface area (Å²) in [6.07, 6.45) is 0. The number of anilines is 3. The lowest BCUT2D eigenvalue weighted by Crippen LogP contribution is -2.67. The Labute approximate surface area is 296 Å². The molecule has 4 aliphatic rings. The number of hydrogen-bond acceptors (Lipinski definition) is 4. The summed E-state index contributed by atoms with van der Waals surface area (Å²) in [4.78, 5) is 5.07. The topological polar surface area (TPSA) is 21.7 Å². The zero-order chi connectivity index (χ0) is 33.4. The van der Waals surface area contributed by atoms with Crippen molar-refractivity contribution in [3.05, 3.63) is 138 Å². The Morgan fingerprint density at radius 3 is 1.64 bits per heavy atom. The third kappa shape index (κ3) is 3.77. The van der Waals surface area contributed by atoms with E-state index in [4.69, 9.17) is 9.47 Å². The van der Waals surface area contributed by atoms with Gasteiger partial charge in [-0.2, -0.15) is 0 Å². The SMILES string of the molecule is Cc1ccc2c(c1)B1c3cc(C)ccc3N3c4ccc(-c5ccc(-c6ccccc6)s5)cc4B4c5cc(C)ccc5Oc5c(C)c(c1c3c54)O2. The van der Waals surface area contributed by atoms with Crippen LogP contribution in [0.1, 0.15) is 22.3 Å². The molecule has 0 saturated carbocycles. The zero-order valence-corrected chi connectivity index (χ0v) is 29.1. The lowest BCUT2D eigenvalue weighted by Gasteiger charge is -2.47. The largest absolute Gasteiger partial charge is 0.458 e. The van der Waals surface area contributed by atoms with Crippen LogP contribution in [0.2, 0.25) is 0 Å². The number of ether oxygens (including phenoxy) is 2. The molecule has 0 aliphatic carbocycles. The number of rotatable bonds is 2. The van der Waals surface area contributed by atoms with Crippen LogP contribution in [0.15, 0.2) is 115 Å². The standard InChI is InChI=1S/C44H31B2NO2S/c1-24-10-14-34-30(20-24)45-32-21-25(2)11-16-36(32)48-43-27(4)44-41-42(40(43)45)47(34)35-15-13-29(39-19-18-38(50-39)28-8-6-5-7-9-28)23-31(35)46(41)33-22-26(3)12-17-37(33)49-44/h5-23H,1-4H3. The van der Waals surface area contributed by atoms with E-state index in [-0.39, 0.29) is 13.4 Å². The minimum Gasteiger partial charge on any atom is -0.458 e. The van der Waals surface area contributed by atoms with Crippen LogP contribution in [0.3, 0.4) is 0 Å². The van der Waals surface area contributed by atoms with Crippen molar-refractivity contribution >= 4 is 74.6 Å². The molecule has 11 rings (SSSR count). The van der Waals surface area contributed by atoms with E-state index in [1.165, 1.54) is 87.4 Å². The summed E-state index contributed by atoms with van der Waals surface area (Å²) >= 11 is 1.85. The molecule has 0 radical (unpaired) electrons. The monoisotopic (exact) mass is 659 g/mol. The molecule has 0 spiro atoms. The fourth-order valence-corrected chi connectivity index (χ4v) is 9.94. The third-order valence-corrected chi connectivity index (χ3v) is 12.3. The predicted octanol–water partition coefficient (Wildman–Crippen LogP) is 7.66. The van der Waals surface area contributed by atoms with Gasteiger partial charge >= 0.3 is 0 Å². The maximum absolute atomic E-state index is 6.98. The van der Waals surface area contributed by atoms with Gasteiger partial charge in [-0.1, -0.05) is 95.6 Å². The molecule has 6 heteroatoms. The first-order valence-corrected chi connectivity index (χ1v) is 18.2. The van der Waals surface area contributed by atoms with Gasteiger partial charge in [0.1, 0.15) is 23.0 Å².